The van der Waals surface area contributed by atoms with Crippen LogP contribution >= 0.6 is 11.6 Å². The van der Waals surface area contributed by atoms with Gasteiger partial charge >= 0.3 is 5.97 Å². The van der Waals surface area contributed by atoms with Crippen molar-refractivity contribution in [3.05, 3.63) is 38.9 Å². The van der Waals surface area contributed by atoms with Crippen LogP contribution in [0.4, 0.5) is 5.69 Å². The van der Waals surface area contributed by atoms with Gasteiger partial charge in [-0.25, -0.2) is 0 Å². The van der Waals surface area contributed by atoms with Crippen LogP contribution in [0.2, 0.25) is 5.02 Å². The van der Waals surface area contributed by atoms with Crippen LogP contribution in [-0.2, 0) is 4.79 Å². The molecule has 112 valence electrons. The first kappa shape index (κ1) is 15.2. The molecule has 0 spiro atoms. The molecule has 1 amide bonds. The molecule has 2 N–H and O–H groups in total. The maximum absolute atomic E-state index is 12.1. The maximum atomic E-state index is 12.1. The van der Waals surface area contributed by atoms with Gasteiger partial charge in [0.25, 0.3) is 11.6 Å². The molecule has 1 unspecified atom stereocenters. The fourth-order valence-corrected chi connectivity index (χ4v) is 2.25. The molecular weight excluding hydrogens is 300 g/mol. The number of carboxylic acids is 1. The van der Waals surface area contributed by atoms with E-state index in [1.165, 1.54) is 12.1 Å². The molecule has 2 rings (SSSR count). The van der Waals surface area contributed by atoms with Gasteiger partial charge in [-0.15, -0.1) is 0 Å². The van der Waals surface area contributed by atoms with E-state index >= 15 is 0 Å². The Bertz CT molecular complexity index is 600. The fraction of sp³-hybridized carbons (Fsp3) is 0.385. The van der Waals surface area contributed by atoms with Gasteiger partial charge in [-0.3, -0.25) is 19.7 Å². The summed E-state index contributed by atoms with van der Waals surface area (Å²) in [6, 6.07) is 3.28. The van der Waals surface area contributed by atoms with Crippen LogP contribution in [0.5, 0.6) is 0 Å². The van der Waals surface area contributed by atoms with Crippen molar-refractivity contribution in [1.82, 2.24) is 5.32 Å². The highest BCUT2D eigenvalue weighted by molar-refractivity contribution is 6.32. The van der Waals surface area contributed by atoms with Gasteiger partial charge in [0.15, 0.2) is 0 Å². The van der Waals surface area contributed by atoms with E-state index < -0.39 is 22.8 Å². The number of carbonyl (C=O) groups is 2. The van der Waals surface area contributed by atoms with Crippen LogP contribution in [0.15, 0.2) is 18.2 Å². The number of rotatable bonds is 6. The number of aliphatic carboxylic acids is 1. The summed E-state index contributed by atoms with van der Waals surface area (Å²) < 4.78 is 0. The number of nitrogens with zero attached hydrogens (tertiary/aromatic N) is 1. The molecule has 1 aliphatic rings. The molecule has 0 bridgehead atoms. The summed E-state index contributed by atoms with van der Waals surface area (Å²) in [5.41, 5.74) is -0.271. The highest BCUT2D eigenvalue weighted by atomic mass is 35.5. The highest BCUT2D eigenvalue weighted by Gasteiger charge is 2.34. The smallest absolute Gasteiger partial charge is 0.305 e. The lowest BCUT2D eigenvalue weighted by molar-refractivity contribution is -0.384. The van der Waals surface area contributed by atoms with Crippen molar-refractivity contribution in [2.24, 2.45) is 5.92 Å². The molecule has 1 aromatic rings. The number of halogens is 1. The Labute approximate surface area is 125 Å². The monoisotopic (exact) mass is 312 g/mol. The fourth-order valence-electron chi connectivity index (χ4n) is 2.07. The van der Waals surface area contributed by atoms with E-state index in [0.717, 1.165) is 18.9 Å². The van der Waals surface area contributed by atoms with Gasteiger partial charge in [-0.1, -0.05) is 11.6 Å². The molecule has 1 atom stereocenters. The normalized spacial score (nSPS) is 15.3. The van der Waals surface area contributed by atoms with Crippen molar-refractivity contribution in [2.75, 3.05) is 0 Å². The Kier molecular flexibility index (Phi) is 4.42. The van der Waals surface area contributed by atoms with E-state index in [2.05, 4.69) is 5.32 Å². The average molecular weight is 313 g/mol. The zero-order valence-electron chi connectivity index (χ0n) is 10.9. The van der Waals surface area contributed by atoms with Gasteiger partial charge in [0, 0.05) is 17.7 Å². The van der Waals surface area contributed by atoms with Crippen molar-refractivity contribution >= 4 is 29.2 Å². The lowest BCUT2D eigenvalue weighted by Crippen LogP contribution is -2.38. The minimum atomic E-state index is -0.991. The van der Waals surface area contributed by atoms with Gasteiger partial charge in [0.1, 0.15) is 5.02 Å². The first-order chi connectivity index (χ1) is 9.88. The number of carbonyl (C=O) groups excluding carboxylic acids is 1. The molecule has 0 aromatic heterocycles. The van der Waals surface area contributed by atoms with E-state index in [-0.39, 0.29) is 28.6 Å². The van der Waals surface area contributed by atoms with Crippen LogP contribution in [-0.4, -0.2) is 27.9 Å². The van der Waals surface area contributed by atoms with Crippen LogP contribution in [0.25, 0.3) is 0 Å². The second-order valence-corrected chi connectivity index (χ2v) is 5.35. The number of hydrogen-bond acceptors (Lipinski definition) is 4. The van der Waals surface area contributed by atoms with Gasteiger partial charge < -0.3 is 10.4 Å². The van der Waals surface area contributed by atoms with Gasteiger partial charge in [0.05, 0.1) is 11.3 Å². The Balaban J connectivity index is 2.13. The lowest BCUT2D eigenvalue weighted by Gasteiger charge is -2.16. The van der Waals surface area contributed by atoms with Crippen LogP contribution < -0.4 is 5.32 Å². The predicted octanol–water partition coefficient (Wildman–Crippen LogP) is 2.23. The Morgan fingerprint density at radius 1 is 1.48 bits per heavy atom. The summed E-state index contributed by atoms with van der Waals surface area (Å²) in [5, 5.41) is 22.2. The van der Waals surface area contributed by atoms with E-state index in [0.29, 0.717) is 0 Å². The molecule has 0 saturated heterocycles. The van der Waals surface area contributed by atoms with Gasteiger partial charge in [-0.2, -0.15) is 0 Å². The maximum Gasteiger partial charge on any atom is 0.305 e. The predicted molar refractivity (Wildman–Crippen MR) is 74.3 cm³/mol. The number of nitro groups is 1. The van der Waals surface area contributed by atoms with Gasteiger partial charge in [-0.05, 0) is 30.9 Å². The summed E-state index contributed by atoms with van der Waals surface area (Å²) >= 11 is 5.68. The van der Waals surface area contributed by atoms with Crippen LogP contribution in [0.3, 0.4) is 0 Å². The Morgan fingerprint density at radius 3 is 2.67 bits per heavy atom. The molecule has 1 aromatic carbocycles. The van der Waals surface area contributed by atoms with E-state index in [9.17, 15) is 19.7 Å². The zero-order chi connectivity index (χ0) is 15.6. The second kappa shape index (κ2) is 6.09. The minimum Gasteiger partial charge on any atom is -0.481 e. The minimum absolute atomic E-state index is 0.0548. The van der Waals surface area contributed by atoms with Crippen molar-refractivity contribution in [1.29, 1.82) is 0 Å². The highest BCUT2D eigenvalue weighted by Crippen LogP contribution is 2.34. The van der Waals surface area contributed by atoms with E-state index in [4.69, 9.17) is 16.7 Å². The molecule has 0 heterocycles. The molecule has 0 radical (unpaired) electrons. The number of amides is 1. The Morgan fingerprint density at radius 2 is 2.14 bits per heavy atom. The topological polar surface area (TPSA) is 110 Å². The Hall–Kier alpha value is -2.15. The number of carboxylic acid groups (broad SMARTS) is 1. The number of nitro benzene ring substituents is 1. The molecule has 7 nitrogen and oxygen atoms in total. The molecular formula is C13H13ClN2O5. The van der Waals surface area contributed by atoms with E-state index in [1.807, 2.05) is 0 Å². The first-order valence-corrected chi connectivity index (χ1v) is 6.73. The summed E-state index contributed by atoms with van der Waals surface area (Å²) in [6.45, 7) is 0. The van der Waals surface area contributed by atoms with Crippen LogP contribution in [0.1, 0.15) is 29.6 Å². The third-order valence-electron chi connectivity index (χ3n) is 3.31. The average Bonchev–Trinajstić information content (AvgIpc) is 3.21. The summed E-state index contributed by atoms with van der Waals surface area (Å²) in [4.78, 5) is 33.0. The van der Waals surface area contributed by atoms with Crippen molar-refractivity contribution < 1.29 is 19.6 Å². The van der Waals surface area contributed by atoms with Gasteiger partial charge in [0.2, 0.25) is 0 Å². The molecule has 21 heavy (non-hydrogen) atoms. The summed E-state index contributed by atoms with van der Waals surface area (Å²) in [5.74, 6) is -1.37. The van der Waals surface area contributed by atoms with Crippen molar-refractivity contribution in [3.63, 3.8) is 0 Å². The molecule has 8 heteroatoms. The van der Waals surface area contributed by atoms with Crippen molar-refractivity contribution in [3.8, 4) is 0 Å². The van der Waals surface area contributed by atoms with Crippen molar-refractivity contribution in [2.45, 2.75) is 25.3 Å². The third-order valence-corrected chi connectivity index (χ3v) is 3.63. The number of nitrogens with one attached hydrogen (secondary N) is 1. The first-order valence-electron chi connectivity index (χ1n) is 6.35. The third kappa shape index (κ3) is 3.91. The molecule has 1 saturated carbocycles. The number of hydrogen-bond donors (Lipinski definition) is 2. The largest absolute Gasteiger partial charge is 0.481 e. The van der Waals surface area contributed by atoms with Crippen LogP contribution in [0, 0.1) is 16.0 Å². The number of benzene rings is 1. The lowest BCUT2D eigenvalue weighted by atomic mass is 10.1. The quantitative estimate of drug-likeness (QED) is 0.618. The molecule has 1 fully saturated rings. The van der Waals surface area contributed by atoms with E-state index in [1.54, 1.807) is 0 Å². The zero-order valence-corrected chi connectivity index (χ0v) is 11.7. The molecule has 1 aliphatic carbocycles. The SMILES string of the molecule is O=C(O)CC(NC(=O)c1ccc(Cl)c([N+](=O)[O-])c1)C1CC1. The summed E-state index contributed by atoms with van der Waals surface area (Å²) in [7, 11) is 0. The standard InChI is InChI=1S/C13H13ClN2O5/c14-9-4-3-8(5-11(9)16(20)21)13(19)15-10(6-12(17)18)7-1-2-7/h3-5,7,10H,1-2,6H2,(H,15,19)(H,17,18). The molecule has 0 aliphatic heterocycles. The summed E-state index contributed by atoms with van der Waals surface area (Å²) in [6.07, 6.45) is 1.59. The second-order valence-electron chi connectivity index (χ2n) is 4.94.